The number of fused-ring (bicyclic) bond motifs is 2. The van der Waals surface area contributed by atoms with E-state index in [2.05, 4.69) is 41.8 Å². The number of rotatable bonds is 3. The minimum Gasteiger partial charge on any atom is -0.488 e. The molecule has 2 atom stereocenters. The lowest BCUT2D eigenvalue weighted by Crippen LogP contribution is -2.39. The molecule has 4 rings (SSSR count). The first-order valence-electron chi connectivity index (χ1n) is 7.26. The highest BCUT2D eigenvalue weighted by molar-refractivity contribution is 7.17. The average molecular weight is 295 g/mol. The SMILES string of the molecule is NC(Cc1csc2ccccc12)C1Cc2ccccc2O1. The van der Waals surface area contributed by atoms with Gasteiger partial charge < -0.3 is 10.5 Å². The summed E-state index contributed by atoms with van der Waals surface area (Å²) in [4.78, 5) is 0. The van der Waals surface area contributed by atoms with Gasteiger partial charge in [-0.2, -0.15) is 0 Å². The molecule has 3 heteroatoms. The fourth-order valence-corrected chi connectivity index (χ4v) is 4.00. The van der Waals surface area contributed by atoms with Crippen molar-refractivity contribution in [3.05, 3.63) is 65.0 Å². The van der Waals surface area contributed by atoms with E-state index in [0.29, 0.717) is 0 Å². The highest BCUT2D eigenvalue weighted by Crippen LogP contribution is 2.31. The molecule has 0 amide bonds. The monoisotopic (exact) mass is 295 g/mol. The van der Waals surface area contributed by atoms with E-state index in [1.807, 2.05) is 12.1 Å². The van der Waals surface area contributed by atoms with E-state index < -0.39 is 0 Å². The molecule has 0 aliphatic carbocycles. The zero-order valence-corrected chi connectivity index (χ0v) is 12.5. The zero-order valence-electron chi connectivity index (χ0n) is 11.7. The molecule has 21 heavy (non-hydrogen) atoms. The molecule has 106 valence electrons. The van der Waals surface area contributed by atoms with Crippen molar-refractivity contribution in [2.45, 2.75) is 25.0 Å². The lowest BCUT2D eigenvalue weighted by Gasteiger charge is -2.18. The van der Waals surface area contributed by atoms with Crippen molar-refractivity contribution in [2.75, 3.05) is 0 Å². The van der Waals surface area contributed by atoms with Crippen LogP contribution in [-0.4, -0.2) is 12.1 Å². The molecule has 2 N–H and O–H groups in total. The van der Waals surface area contributed by atoms with Crippen molar-refractivity contribution < 1.29 is 4.74 Å². The van der Waals surface area contributed by atoms with E-state index in [9.17, 15) is 0 Å². The Morgan fingerprint density at radius 1 is 1.14 bits per heavy atom. The summed E-state index contributed by atoms with van der Waals surface area (Å²) in [5.74, 6) is 0.994. The molecule has 2 nitrogen and oxygen atoms in total. The molecule has 0 saturated heterocycles. The summed E-state index contributed by atoms with van der Waals surface area (Å²) in [6, 6.07) is 16.8. The molecule has 0 bridgehead atoms. The third-order valence-electron chi connectivity index (χ3n) is 4.17. The molecular weight excluding hydrogens is 278 g/mol. The number of ether oxygens (including phenoxy) is 1. The number of hydrogen-bond acceptors (Lipinski definition) is 3. The summed E-state index contributed by atoms with van der Waals surface area (Å²) in [6.45, 7) is 0. The van der Waals surface area contributed by atoms with Crippen molar-refractivity contribution in [1.29, 1.82) is 0 Å². The Labute approximate surface area is 128 Å². The predicted octanol–water partition coefficient (Wildman–Crippen LogP) is 3.77. The van der Waals surface area contributed by atoms with E-state index in [1.54, 1.807) is 11.3 Å². The Morgan fingerprint density at radius 2 is 1.95 bits per heavy atom. The summed E-state index contributed by atoms with van der Waals surface area (Å²) < 4.78 is 7.34. The lowest BCUT2D eigenvalue weighted by molar-refractivity contribution is 0.198. The Morgan fingerprint density at radius 3 is 2.86 bits per heavy atom. The van der Waals surface area contributed by atoms with Crippen LogP contribution in [0.4, 0.5) is 0 Å². The molecule has 1 aromatic heterocycles. The highest BCUT2D eigenvalue weighted by Gasteiger charge is 2.28. The Hall–Kier alpha value is -1.84. The second kappa shape index (κ2) is 5.17. The molecule has 0 saturated carbocycles. The van der Waals surface area contributed by atoms with Gasteiger partial charge in [-0.05, 0) is 40.4 Å². The number of nitrogens with two attached hydrogens (primary N) is 1. The first-order chi connectivity index (χ1) is 10.3. The molecule has 3 aromatic rings. The Kier molecular flexibility index (Phi) is 3.17. The van der Waals surface area contributed by atoms with Gasteiger partial charge in [-0.15, -0.1) is 11.3 Å². The highest BCUT2D eigenvalue weighted by atomic mass is 32.1. The Balaban J connectivity index is 1.53. The van der Waals surface area contributed by atoms with Crippen LogP contribution in [0.5, 0.6) is 5.75 Å². The molecular formula is C18H17NOS. The van der Waals surface area contributed by atoms with E-state index in [-0.39, 0.29) is 12.1 Å². The van der Waals surface area contributed by atoms with Crippen LogP contribution in [0.1, 0.15) is 11.1 Å². The molecule has 2 heterocycles. The van der Waals surface area contributed by atoms with Gasteiger partial charge in [0.25, 0.3) is 0 Å². The molecule has 0 spiro atoms. The fraction of sp³-hybridized carbons (Fsp3) is 0.222. The number of para-hydroxylation sites is 1. The fourth-order valence-electron chi connectivity index (χ4n) is 3.02. The second-order valence-electron chi connectivity index (χ2n) is 5.59. The molecule has 2 aromatic carbocycles. The van der Waals surface area contributed by atoms with Gasteiger partial charge in [-0.1, -0.05) is 36.4 Å². The number of hydrogen-bond donors (Lipinski definition) is 1. The maximum atomic E-state index is 6.42. The van der Waals surface area contributed by atoms with E-state index in [1.165, 1.54) is 21.2 Å². The van der Waals surface area contributed by atoms with Crippen LogP contribution in [0.2, 0.25) is 0 Å². The van der Waals surface area contributed by atoms with Gasteiger partial charge in [0.15, 0.2) is 0 Å². The van der Waals surface area contributed by atoms with Crippen LogP contribution in [0.3, 0.4) is 0 Å². The van der Waals surface area contributed by atoms with E-state index >= 15 is 0 Å². The van der Waals surface area contributed by atoms with Gasteiger partial charge in [0.05, 0.1) is 0 Å². The van der Waals surface area contributed by atoms with Crippen molar-refractivity contribution in [2.24, 2.45) is 5.73 Å². The van der Waals surface area contributed by atoms with Crippen molar-refractivity contribution in [3.63, 3.8) is 0 Å². The molecule has 1 aliphatic heterocycles. The maximum absolute atomic E-state index is 6.42. The molecule has 1 aliphatic rings. The van der Waals surface area contributed by atoms with Crippen LogP contribution < -0.4 is 10.5 Å². The summed E-state index contributed by atoms with van der Waals surface area (Å²) >= 11 is 1.79. The van der Waals surface area contributed by atoms with Crippen molar-refractivity contribution >= 4 is 21.4 Å². The minimum absolute atomic E-state index is 0.0235. The maximum Gasteiger partial charge on any atom is 0.123 e. The molecule has 2 unspecified atom stereocenters. The van der Waals surface area contributed by atoms with Gasteiger partial charge in [0.1, 0.15) is 11.9 Å². The average Bonchev–Trinajstić information content (AvgIpc) is 3.11. The smallest absolute Gasteiger partial charge is 0.123 e. The van der Waals surface area contributed by atoms with Crippen LogP contribution >= 0.6 is 11.3 Å². The van der Waals surface area contributed by atoms with Crippen molar-refractivity contribution in [3.8, 4) is 5.75 Å². The first kappa shape index (κ1) is 12.9. The Bertz CT molecular complexity index is 754. The van der Waals surface area contributed by atoms with Gasteiger partial charge in [-0.3, -0.25) is 0 Å². The summed E-state index contributed by atoms with van der Waals surface area (Å²) in [5.41, 5.74) is 9.03. The number of thiophene rings is 1. The van der Waals surface area contributed by atoms with Crippen molar-refractivity contribution in [1.82, 2.24) is 0 Å². The summed E-state index contributed by atoms with van der Waals surface area (Å²) in [5, 5.41) is 3.56. The van der Waals surface area contributed by atoms with Gasteiger partial charge in [-0.25, -0.2) is 0 Å². The summed E-state index contributed by atoms with van der Waals surface area (Å²) in [6.07, 6.45) is 1.86. The van der Waals surface area contributed by atoms with Gasteiger partial charge >= 0.3 is 0 Å². The second-order valence-corrected chi connectivity index (χ2v) is 6.50. The van der Waals surface area contributed by atoms with Gasteiger partial charge in [0, 0.05) is 17.2 Å². The molecule has 0 radical (unpaired) electrons. The van der Waals surface area contributed by atoms with Crippen LogP contribution in [0.15, 0.2) is 53.9 Å². The third-order valence-corrected chi connectivity index (χ3v) is 5.18. The zero-order chi connectivity index (χ0) is 14.2. The van der Waals surface area contributed by atoms with Crippen LogP contribution in [0, 0.1) is 0 Å². The van der Waals surface area contributed by atoms with Crippen LogP contribution in [-0.2, 0) is 12.8 Å². The largest absolute Gasteiger partial charge is 0.488 e. The normalized spacial score (nSPS) is 18.4. The van der Waals surface area contributed by atoms with Crippen LogP contribution in [0.25, 0.3) is 10.1 Å². The number of benzene rings is 2. The molecule has 0 fully saturated rings. The third kappa shape index (κ3) is 2.33. The standard InChI is InChI=1S/C18H17NOS/c19-15(17-10-12-5-1-3-7-16(12)20-17)9-13-11-21-18-8-4-2-6-14(13)18/h1-8,11,15,17H,9-10,19H2. The predicted molar refractivity (Wildman–Crippen MR) is 88.1 cm³/mol. The quantitative estimate of drug-likeness (QED) is 0.798. The topological polar surface area (TPSA) is 35.2 Å². The lowest BCUT2D eigenvalue weighted by atomic mass is 9.98. The van der Waals surface area contributed by atoms with E-state index in [0.717, 1.165) is 18.6 Å². The van der Waals surface area contributed by atoms with E-state index in [4.69, 9.17) is 10.5 Å². The minimum atomic E-state index is 0.0235. The summed E-state index contributed by atoms with van der Waals surface area (Å²) in [7, 11) is 0. The van der Waals surface area contributed by atoms with Gasteiger partial charge in [0.2, 0.25) is 0 Å². The first-order valence-corrected chi connectivity index (χ1v) is 8.14.